The van der Waals surface area contributed by atoms with Crippen LogP contribution in [0.5, 0.6) is 5.75 Å². The van der Waals surface area contributed by atoms with E-state index in [1.807, 2.05) is 13.0 Å². The van der Waals surface area contributed by atoms with Gasteiger partial charge in [-0.15, -0.1) is 0 Å². The van der Waals surface area contributed by atoms with Crippen LogP contribution in [0, 0.1) is 12.7 Å². The molecule has 24 heavy (non-hydrogen) atoms. The molecule has 0 aliphatic rings. The molecular formula is C19H18FNO3. The number of carbonyl (C=O) groups excluding carboxylic acids is 1. The minimum absolute atomic E-state index is 0.172. The van der Waals surface area contributed by atoms with Crippen molar-refractivity contribution >= 4 is 16.9 Å². The zero-order valence-electron chi connectivity index (χ0n) is 13.8. The molecule has 4 nitrogen and oxygen atoms in total. The molecule has 0 atom stereocenters. The summed E-state index contributed by atoms with van der Waals surface area (Å²) in [7, 11) is 3.22. The topological polar surface area (TPSA) is 42.7 Å². The van der Waals surface area contributed by atoms with Gasteiger partial charge in [-0.25, -0.2) is 4.39 Å². The number of hydrogen-bond donors (Lipinski definition) is 0. The fraction of sp³-hybridized carbons (Fsp3) is 0.211. The Labute approximate surface area is 139 Å². The second-order valence-corrected chi connectivity index (χ2v) is 5.67. The van der Waals surface area contributed by atoms with Crippen LogP contribution in [-0.4, -0.2) is 25.0 Å². The van der Waals surface area contributed by atoms with Gasteiger partial charge in [0.05, 0.1) is 7.11 Å². The van der Waals surface area contributed by atoms with E-state index in [2.05, 4.69) is 0 Å². The second-order valence-electron chi connectivity index (χ2n) is 5.67. The average Bonchev–Trinajstić information content (AvgIpc) is 2.92. The molecule has 3 aromatic rings. The van der Waals surface area contributed by atoms with E-state index in [1.54, 1.807) is 44.5 Å². The van der Waals surface area contributed by atoms with Crippen molar-refractivity contribution in [3.63, 3.8) is 0 Å². The summed E-state index contributed by atoms with van der Waals surface area (Å²) in [6, 6.07) is 11.8. The number of aryl methyl sites for hydroxylation is 1. The Kier molecular flexibility index (Phi) is 4.25. The third kappa shape index (κ3) is 2.85. The van der Waals surface area contributed by atoms with Crippen molar-refractivity contribution in [1.29, 1.82) is 0 Å². The van der Waals surface area contributed by atoms with E-state index < -0.39 is 0 Å². The van der Waals surface area contributed by atoms with Gasteiger partial charge < -0.3 is 14.1 Å². The SMILES string of the molecule is COc1ccc2oc(C(=O)N(C)Cc3ccccc3F)c(C)c2c1. The van der Waals surface area contributed by atoms with Crippen molar-refractivity contribution in [3.8, 4) is 5.75 Å². The first kappa shape index (κ1) is 16.1. The van der Waals surface area contributed by atoms with Gasteiger partial charge >= 0.3 is 0 Å². The first-order valence-corrected chi connectivity index (χ1v) is 7.57. The molecule has 0 bridgehead atoms. The van der Waals surface area contributed by atoms with Gasteiger partial charge in [-0.2, -0.15) is 0 Å². The van der Waals surface area contributed by atoms with Crippen molar-refractivity contribution in [2.75, 3.05) is 14.2 Å². The van der Waals surface area contributed by atoms with Crippen LogP contribution < -0.4 is 4.74 Å². The number of amides is 1. The van der Waals surface area contributed by atoms with Gasteiger partial charge in [-0.1, -0.05) is 18.2 Å². The number of ether oxygens (including phenoxy) is 1. The monoisotopic (exact) mass is 327 g/mol. The second kappa shape index (κ2) is 6.35. The van der Waals surface area contributed by atoms with E-state index >= 15 is 0 Å². The molecule has 0 fully saturated rings. The lowest BCUT2D eigenvalue weighted by Gasteiger charge is -2.16. The van der Waals surface area contributed by atoms with Gasteiger partial charge in [-0.05, 0) is 31.2 Å². The van der Waals surface area contributed by atoms with Crippen molar-refractivity contribution in [1.82, 2.24) is 4.90 Å². The maximum Gasteiger partial charge on any atom is 0.289 e. The van der Waals surface area contributed by atoms with Gasteiger partial charge in [0, 0.05) is 30.1 Å². The van der Waals surface area contributed by atoms with Crippen LogP contribution in [0.25, 0.3) is 11.0 Å². The number of nitrogens with zero attached hydrogens (tertiary/aromatic N) is 1. The molecule has 0 saturated heterocycles. The number of rotatable bonds is 4. The van der Waals surface area contributed by atoms with Crippen LogP contribution in [0.4, 0.5) is 4.39 Å². The average molecular weight is 327 g/mol. The summed E-state index contributed by atoms with van der Waals surface area (Å²) in [5.41, 5.74) is 1.83. The molecule has 1 aromatic heterocycles. The minimum Gasteiger partial charge on any atom is -0.497 e. The molecule has 0 saturated carbocycles. The van der Waals surface area contributed by atoms with Crippen LogP contribution in [0.2, 0.25) is 0 Å². The molecule has 0 aliphatic carbocycles. The predicted octanol–water partition coefficient (Wildman–Crippen LogP) is 4.16. The fourth-order valence-electron chi connectivity index (χ4n) is 2.66. The number of halogens is 1. The minimum atomic E-state index is -0.330. The third-order valence-corrected chi connectivity index (χ3v) is 4.05. The Bertz CT molecular complexity index is 901. The van der Waals surface area contributed by atoms with Crippen molar-refractivity contribution < 1.29 is 18.3 Å². The summed E-state index contributed by atoms with van der Waals surface area (Å²) in [5.74, 6) is 0.344. The number of hydrogen-bond acceptors (Lipinski definition) is 3. The summed E-state index contributed by atoms with van der Waals surface area (Å²) in [5, 5.41) is 0.831. The zero-order chi connectivity index (χ0) is 17.3. The van der Waals surface area contributed by atoms with E-state index in [0.717, 1.165) is 10.9 Å². The predicted molar refractivity (Wildman–Crippen MR) is 89.7 cm³/mol. The fourth-order valence-corrected chi connectivity index (χ4v) is 2.66. The van der Waals surface area contributed by atoms with Gasteiger partial charge in [0.15, 0.2) is 5.76 Å². The Hall–Kier alpha value is -2.82. The third-order valence-electron chi connectivity index (χ3n) is 4.05. The Morgan fingerprint density at radius 1 is 1.25 bits per heavy atom. The highest BCUT2D eigenvalue weighted by Crippen LogP contribution is 2.29. The summed E-state index contributed by atoms with van der Waals surface area (Å²) in [4.78, 5) is 14.1. The van der Waals surface area contributed by atoms with Crippen LogP contribution >= 0.6 is 0 Å². The molecular weight excluding hydrogens is 309 g/mol. The first-order chi connectivity index (χ1) is 11.5. The quantitative estimate of drug-likeness (QED) is 0.722. The lowest BCUT2D eigenvalue weighted by Crippen LogP contribution is -2.26. The van der Waals surface area contributed by atoms with Gasteiger partial charge in [0.1, 0.15) is 17.1 Å². The largest absolute Gasteiger partial charge is 0.497 e. The summed E-state index contributed by atoms with van der Waals surface area (Å²) < 4.78 is 24.7. The lowest BCUT2D eigenvalue weighted by atomic mass is 10.1. The van der Waals surface area contributed by atoms with Crippen molar-refractivity contribution in [2.45, 2.75) is 13.5 Å². The van der Waals surface area contributed by atoms with E-state index in [-0.39, 0.29) is 24.0 Å². The van der Waals surface area contributed by atoms with E-state index in [0.29, 0.717) is 16.9 Å². The summed E-state index contributed by atoms with van der Waals surface area (Å²) >= 11 is 0. The number of furan rings is 1. The molecule has 0 spiro atoms. The Balaban J connectivity index is 1.90. The van der Waals surface area contributed by atoms with Crippen LogP contribution in [0.3, 0.4) is 0 Å². The van der Waals surface area contributed by atoms with Crippen molar-refractivity contribution in [3.05, 3.63) is 65.2 Å². The number of benzene rings is 2. The lowest BCUT2D eigenvalue weighted by molar-refractivity contribution is 0.0753. The van der Waals surface area contributed by atoms with E-state index in [9.17, 15) is 9.18 Å². The summed E-state index contributed by atoms with van der Waals surface area (Å²) in [6.45, 7) is 2.00. The zero-order valence-corrected chi connectivity index (χ0v) is 13.8. The normalized spacial score (nSPS) is 10.8. The molecule has 0 aliphatic heterocycles. The molecule has 5 heteroatoms. The molecule has 1 amide bonds. The van der Waals surface area contributed by atoms with E-state index in [4.69, 9.17) is 9.15 Å². The molecule has 2 aromatic carbocycles. The smallest absolute Gasteiger partial charge is 0.289 e. The highest BCUT2D eigenvalue weighted by atomic mass is 19.1. The summed E-state index contributed by atoms with van der Waals surface area (Å²) in [6.07, 6.45) is 0. The molecule has 3 rings (SSSR count). The van der Waals surface area contributed by atoms with Crippen molar-refractivity contribution in [2.24, 2.45) is 0 Å². The standard InChI is InChI=1S/C19H18FNO3/c1-12-15-10-14(23-3)8-9-17(15)24-18(12)19(22)21(2)11-13-6-4-5-7-16(13)20/h4-10H,11H2,1-3H3. The molecule has 1 heterocycles. The number of fused-ring (bicyclic) bond motifs is 1. The first-order valence-electron chi connectivity index (χ1n) is 7.57. The van der Waals surface area contributed by atoms with Gasteiger partial charge in [-0.3, -0.25) is 4.79 Å². The molecule has 0 N–H and O–H groups in total. The number of methoxy groups -OCH3 is 1. The van der Waals surface area contributed by atoms with Crippen LogP contribution in [-0.2, 0) is 6.54 Å². The van der Waals surface area contributed by atoms with Crippen LogP contribution in [0.15, 0.2) is 46.9 Å². The molecule has 124 valence electrons. The number of carbonyl (C=O) groups is 1. The maximum atomic E-state index is 13.8. The highest BCUT2D eigenvalue weighted by molar-refractivity contribution is 5.99. The molecule has 0 unspecified atom stereocenters. The van der Waals surface area contributed by atoms with Gasteiger partial charge in [0.25, 0.3) is 5.91 Å². The Morgan fingerprint density at radius 3 is 2.71 bits per heavy atom. The Morgan fingerprint density at radius 2 is 2.00 bits per heavy atom. The highest BCUT2D eigenvalue weighted by Gasteiger charge is 2.22. The van der Waals surface area contributed by atoms with Gasteiger partial charge in [0.2, 0.25) is 0 Å². The van der Waals surface area contributed by atoms with E-state index in [1.165, 1.54) is 11.0 Å². The molecule has 0 radical (unpaired) electrons. The maximum absolute atomic E-state index is 13.8. The van der Waals surface area contributed by atoms with Crippen LogP contribution in [0.1, 0.15) is 21.7 Å².